The summed E-state index contributed by atoms with van der Waals surface area (Å²) in [4.78, 5) is 29.8. The number of nitrogens with zero attached hydrogens (tertiary/aromatic N) is 1. The van der Waals surface area contributed by atoms with Crippen molar-refractivity contribution in [1.82, 2.24) is 9.97 Å². The van der Waals surface area contributed by atoms with E-state index < -0.39 is 5.97 Å². The molecule has 0 unspecified atom stereocenters. The summed E-state index contributed by atoms with van der Waals surface area (Å²) in [5.74, 6) is -0.362. The third kappa shape index (κ3) is 9.16. The molecule has 2 N–H and O–H groups in total. The van der Waals surface area contributed by atoms with Crippen LogP contribution in [0.3, 0.4) is 0 Å². The lowest BCUT2D eigenvalue weighted by molar-refractivity contribution is -0.137. The molecule has 0 aliphatic rings. The van der Waals surface area contributed by atoms with E-state index in [2.05, 4.69) is 9.97 Å². The van der Waals surface area contributed by atoms with E-state index in [1.807, 2.05) is 18.2 Å². The number of rotatable bonds is 16. The van der Waals surface area contributed by atoms with Gasteiger partial charge in [0.1, 0.15) is 5.78 Å². The number of ketones is 1. The van der Waals surface area contributed by atoms with Gasteiger partial charge in [0.05, 0.1) is 17.4 Å². The summed E-state index contributed by atoms with van der Waals surface area (Å²) in [6.45, 7) is 0. The van der Waals surface area contributed by atoms with Gasteiger partial charge < -0.3 is 10.1 Å². The van der Waals surface area contributed by atoms with Crippen LogP contribution in [0.5, 0.6) is 0 Å². The SMILES string of the molecule is O=C(O)CCCCCCCCCCCCCC(=O)Cc1ccc2nc[nH]c2c1. The zero-order valence-corrected chi connectivity index (χ0v) is 16.9. The van der Waals surface area contributed by atoms with Gasteiger partial charge in [-0.25, -0.2) is 4.98 Å². The van der Waals surface area contributed by atoms with Crippen molar-refractivity contribution in [2.24, 2.45) is 0 Å². The quantitative estimate of drug-likeness (QED) is 0.356. The van der Waals surface area contributed by atoms with E-state index in [0.29, 0.717) is 25.0 Å². The Morgan fingerprint density at radius 2 is 1.39 bits per heavy atom. The third-order valence-corrected chi connectivity index (χ3v) is 5.23. The predicted octanol–water partition coefficient (Wildman–Crippen LogP) is 5.83. The summed E-state index contributed by atoms with van der Waals surface area (Å²) < 4.78 is 0. The van der Waals surface area contributed by atoms with Crippen molar-refractivity contribution in [2.45, 2.75) is 89.9 Å². The van der Waals surface area contributed by atoms with Gasteiger partial charge in [0, 0.05) is 19.3 Å². The fourth-order valence-corrected chi connectivity index (χ4v) is 3.60. The fourth-order valence-electron chi connectivity index (χ4n) is 3.60. The molecule has 2 rings (SSSR count). The number of carbonyl (C=O) groups is 2. The number of carboxylic acids is 1. The molecule has 28 heavy (non-hydrogen) atoms. The van der Waals surface area contributed by atoms with Crippen LogP contribution in [-0.4, -0.2) is 26.8 Å². The first-order valence-corrected chi connectivity index (χ1v) is 10.8. The Balaban J connectivity index is 1.40. The Hall–Kier alpha value is -2.17. The van der Waals surface area contributed by atoms with Crippen LogP contribution in [0.25, 0.3) is 11.0 Å². The molecule has 0 saturated carbocycles. The summed E-state index contributed by atoms with van der Waals surface area (Å²) in [5.41, 5.74) is 2.99. The number of hydrogen-bond donors (Lipinski definition) is 2. The topological polar surface area (TPSA) is 83.0 Å². The highest BCUT2D eigenvalue weighted by molar-refractivity contribution is 5.83. The lowest BCUT2D eigenvalue weighted by Crippen LogP contribution is -2.02. The Kier molecular flexibility index (Phi) is 10.3. The first kappa shape index (κ1) is 22.1. The molecule has 0 atom stereocenters. The number of nitrogens with one attached hydrogen (secondary N) is 1. The number of H-pyrrole nitrogens is 1. The van der Waals surface area contributed by atoms with E-state index in [1.165, 1.54) is 38.5 Å². The maximum atomic E-state index is 12.1. The molecule has 1 aromatic heterocycles. The highest BCUT2D eigenvalue weighted by atomic mass is 16.4. The molecule has 0 aliphatic heterocycles. The number of fused-ring (bicyclic) bond motifs is 1. The van der Waals surface area contributed by atoms with Crippen LogP contribution in [0.4, 0.5) is 0 Å². The summed E-state index contributed by atoms with van der Waals surface area (Å²) >= 11 is 0. The summed E-state index contributed by atoms with van der Waals surface area (Å²) in [6, 6.07) is 5.98. The number of aromatic nitrogens is 2. The number of Topliss-reactive ketones (excluding diaryl/α,β-unsaturated/α-hetero) is 1. The Morgan fingerprint density at radius 3 is 2.00 bits per heavy atom. The van der Waals surface area contributed by atoms with Gasteiger partial charge in [-0.1, -0.05) is 63.9 Å². The third-order valence-electron chi connectivity index (χ3n) is 5.23. The van der Waals surface area contributed by atoms with Gasteiger partial charge in [0.2, 0.25) is 0 Å². The number of imidazole rings is 1. The first-order valence-electron chi connectivity index (χ1n) is 10.8. The van der Waals surface area contributed by atoms with Gasteiger partial charge >= 0.3 is 5.97 Å². The Morgan fingerprint density at radius 1 is 0.821 bits per heavy atom. The largest absolute Gasteiger partial charge is 0.481 e. The van der Waals surface area contributed by atoms with Gasteiger partial charge in [-0.3, -0.25) is 9.59 Å². The lowest BCUT2D eigenvalue weighted by atomic mass is 10.0. The molecule has 1 aromatic carbocycles. The van der Waals surface area contributed by atoms with Crippen molar-refractivity contribution in [1.29, 1.82) is 0 Å². The molecule has 0 bridgehead atoms. The molecule has 2 aromatic rings. The highest BCUT2D eigenvalue weighted by Crippen LogP contribution is 2.15. The smallest absolute Gasteiger partial charge is 0.303 e. The molecule has 1 heterocycles. The molecule has 0 amide bonds. The van der Waals surface area contributed by atoms with E-state index in [0.717, 1.165) is 48.7 Å². The normalized spacial score (nSPS) is 11.1. The number of hydrogen-bond acceptors (Lipinski definition) is 3. The molecule has 0 fully saturated rings. The lowest BCUT2D eigenvalue weighted by Gasteiger charge is -2.04. The van der Waals surface area contributed by atoms with E-state index in [1.54, 1.807) is 6.33 Å². The molecule has 0 radical (unpaired) electrons. The minimum absolute atomic E-state index is 0.308. The monoisotopic (exact) mass is 386 g/mol. The molecule has 5 heteroatoms. The molecule has 154 valence electrons. The van der Waals surface area contributed by atoms with E-state index in [-0.39, 0.29) is 0 Å². The molecular formula is C23H34N2O3. The van der Waals surface area contributed by atoms with Crippen molar-refractivity contribution in [3.63, 3.8) is 0 Å². The summed E-state index contributed by atoms with van der Waals surface area (Å²) in [5, 5.41) is 8.58. The molecule has 0 aliphatic carbocycles. The van der Waals surface area contributed by atoms with Crippen molar-refractivity contribution in [2.75, 3.05) is 0 Å². The standard InChI is InChI=1S/C23H34N2O3/c26-20(16-19-14-15-21-22(17-19)25-18-24-21)12-10-8-6-4-2-1-3-5-7-9-11-13-23(27)28/h14-15,17-18H,1-13,16H2,(H,24,25)(H,27,28). The second-order valence-corrected chi connectivity index (χ2v) is 7.75. The van der Waals surface area contributed by atoms with Crippen molar-refractivity contribution in [3.05, 3.63) is 30.1 Å². The number of aliphatic carboxylic acids is 1. The van der Waals surface area contributed by atoms with Crippen LogP contribution in [0.2, 0.25) is 0 Å². The number of aromatic amines is 1. The van der Waals surface area contributed by atoms with Gasteiger partial charge in [-0.15, -0.1) is 0 Å². The zero-order chi connectivity index (χ0) is 20.0. The maximum absolute atomic E-state index is 12.1. The molecular weight excluding hydrogens is 352 g/mol. The number of carbonyl (C=O) groups excluding carboxylic acids is 1. The van der Waals surface area contributed by atoms with Gasteiger partial charge in [0.15, 0.2) is 0 Å². The van der Waals surface area contributed by atoms with Crippen molar-refractivity contribution < 1.29 is 14.7 Å². The average Bonchev–Trinajstić information content (AvgIpc) is 3.13. The van der Waals surface area contributed by atoms with Crippen molar-refractivity contribution in [3.8, 4) is 0 Å². The van der Waals surface area contributed by atoms with E-state index in [9.17, 15) is 9.59 Å². The molecule has 5 nitrogen and oxygen atoms in total. The van der Waals surface area contributed by atoms with Crippen LogP contribution in [0.15, 0.2) is 24.5 Å². The van der Waals surface area contributed by atoms with Crippen LogP contribution < -0.4 is 0 Å². The zero-order valence-electron chi connectivity index (χ0n) is 16.9. The second-order valence-electron chi connectivity index (χ2n) is 7.75. The van der Waals surface area contributed by atoms with E-state index in [4.69, 9.17) is 5.11 Å². The summed E-state index contributed by atoms with van der Waals surface area (Å²) in [6.07, 6.45) is 15.8. The summed E-state index contributed by atoms with van der Waals surface area (Å²) in [7, 11) is 0. The van der Waals surface area contributed by atoms with E-state index >= 15 is 0 Å². The minimum Gasteiger partial charge on any atom is -0.481 e. The highest BCUT2D eigenvalue weighted by Gasteiger charge is 2.05. The molecule has 0 saturated heterocycles. The van der Waals surface area contributed by atoms with Crippen molar-refractivity contribution >= 4 is 22.8 Å². The van der Waals surface area contributed by atoms with Gasteiger partial charge in [-0.2, -0.15) is 0 Å². The van der Waals surface area contributed by atoms with Gasteiger partial charge in [-0.05, 0) is 30.5 Å². The Labute approximate surface area is 167 Å². The first-order chi connectivity index (χ1) is 13.6. The van der Waals surface area contributed by atoms with Gasteiger partial charge in [0.25, 0.3) is 0 Å². The number of benzene rings is 1. The second kappa shape index (κ2) is 13.1. The van der Waals surface area contributed by atoms with Crippen LogP contribution in [-0.2, 0) is 16.0 Å². The Bertz CT molecular complexity index is 723. The van der Waals surface area contributed by atoms with Crippen LogP contribution in [0, 0.1) is 0 Å². The fraction of sp³-hybridized carbons (Fsp3) is 0.609. The predicted molar refractivity (Wildman–Crippen MR) is 112 cm³/mol. The van der Waals surface area contributed by atoms with Crippen LogP contribution in [0.1, 0.15) is 89.0 Å². The maximum Gasteiger partial charge on any atom is 0.303 e. The molecule has 0 spiro atoms. The minimum atomic E-state index is -0.683. The average molecular weight is 387 g/mol. The van der Waals surface area contributed by atoms with Crippen LogP contribution >= 0.6 is 0 Å². The number of carboxylic acid groups (broad SMARTS) is 1. The number of unbranched alkanes of at least 4 members (excludes halogenated alkanes) is 10.